The molecule has 6 atom stereocenters. The van der Waals surface area contributed by atoms with Gasteiger partial charge in [-0.3, -0.25) is 0 Å². The molecule has 0 saturated heterocycles. The van der Waals surface area contributed by atoms with Gasteiger partial charge < -0.3 is 23.7 Å². The molecule has 0 saturated carbocycles. The van der Waals surface area contributed by atoms with E-state index in [1.165, 1.54) is 83.8 Å². The predicted molar refractivity (Wildman–Crippen MR) is 462 cm³/mol. The van der Waals surface area contributed by atoms with Gasteiger partial charge in [-0.05, 0) is 285 Å². The lowest BCUT2D eigenvalue weighted by atomic mass is 9.58. The van der Waals surface area contributed by atoms with Gasteiger partial charge in [0.15, 0.2) is 0 Å². The highest BCUT2D eigenvalue weighted by atomic mass is 19.1. The second-order valence-corrected chi connectivity index (χ2v) is 34.8. The van der Waals surface area contributed by atoms with Gasteiger partial charge in [-0.25, -0.2) is 8.78 Å². The number of hydrogen-bond acceptors (Lipinski definition) is 5. The summed E-state index contributed by atoms with van der Waals surface area (Å²) in [5.74, 6) is 2.42. The van der Waals surface area contributed by atoms with Crippen molar-refractivity contribution in [1.82, 2.24) is 0 Å². The number of alkyl halides is 1. The van der Waals surface area contributed by atoms with Gasteiger partial charge in [0.1, 0.15) is 34.7 Å². The van der Waals surface area contributed by atoms with E-state index in [-0.39, 0.29) is 28.0 Å². The van der Waals surface area contributed by atoms with Crippen molar-refractivity contribution in [2.75, 3.05) is 23.0 Å². The van der Waals surface area contributed by atoms with Crippen LogP contribution in [0.3, 0.4) is 0 Å². The molecular weight excluding hydrogens is 1380 g/mol. The minimum atomic E-state index is -1.05. The summed E-state index contributed by atoms with van der Waals surface area (Å²) < 4.78 is 50.5. The molecule has 6 aromatic carbocycles. The first-order chi connectivity index (χ1) is 54.5. The van der Waals surface area contributed by atoms with Crippen LogP contribution in [0, 0.1) is 29.0 Å². The summed E-state index contributed by atoms with van der Waals surface area (Å²) in [6.07, 6.45) is 57.8. The van der Waals surface area contributed by atoms with Crippen LogP contribution in [-0.4, -0.2) is 19.4 Å². The number of anilines is 3. The molecule has 0 spiro atoms. The van der Waals surface area contributed by atoms with Gasteiger partial charge in [0.05, 0.1) is 18.6 Å². The second-order valence-electron chi connectivity index (χ2n) is 34.8. The average molecular weight is 1480 g/mol. The highest BCUT2D eigenvalue weighted by molar-refractivity contribution is 6.07. The van der Waals surface area contributed by atoms with Crippen molar-refractivity contribution in [1.29, 1.82) is 0 Å². The molecule has 0 aliphatic heterocycles. The van der Waals surface area contributed by atoms with Gasteiger partial charge >= 0.3 is 0 Å². The number of hydrogen-bond donors (Lipinski definition) is 0. The Balaban J connectivity index is 0.724. The van der Waals surface area contributed by atoms with E-state index >= 15 is 8.78 Å². The quantitative estimate of drug-likeness (QED) is 0.0471. The molecule has 0 radical (unpaired) electrons. The monoisotopic (exact) mass is 1480 g/mol. The number of unbranched alkanes of at least 4 members (excludes halogenated alkanes) is 1. The Kier molecular flexibility index (Phi) is 20.6. The third kappa shape index (κ3) is 14.1. The normalized spacial score (nSPS) is 23.4. The maximum Gasteiger partial charge on any atom is 0.137 e. The summed E-state index contributed by atoms with van der Waals surface area (Å²) in [5.41, 5.74) is 28.2. The first kappa shape index (κ1) is 74.5. The number of furan rings is 1. The van der Waals surface area contributed by atoms with E-state index in [0.29, 0.717) is 31.5 Å². The molecule has 0 N–H and O–H groups in total. The van der Waals surface area contributed by atoms with Gasteiger partial charge in [0.2, 0.25) is 0 Å². The van der Waals surface area contributed by atoms with Crippen molar-refractivity contribution in [3.8, 4) is 5.75 Å². The van der Waals surface area contributed by atoms with Gasteiger partial charge in [-0.1, -0.05) is 216 Å². The SMILES string of the molecule is C=Cc1ccc(OCCCC2=CC=C(C3(c4ccc(C(C)(C)C)cc4)C4=C(C=CCC4)C4CCC(N(c5ccc(F)cc5)c5ccc6c(c5)oc5cc(N(C7=CCC(F)C=C7)C7=CC8=C(CC7)C7=C(C=CCC7)C8(C7=CC=C(C(C)(C)C)CC7)c7ccc(CCCCOC8=CCC(C=C)C=C8)cc7)ccc56)=CC43)CC2)cc1. The maximum atomic E-state index is 15.5. The lowest BCUT2D eigenvalue weighted by Crippen LogP contribution is -2.40. The maximum absolute atomic E-state index is 15.5. The number of benzene rings is 6. The van der Waals surface area contributed by atoms with Crippen LogP contribution in [0.15, 0.2) is 333 Å². The van der Waals surface area contributed by atoms with Crippen molar-refractivity contribution >= 4 is 45.1 Å². The van der Waals surface area contributed by atoms with E-state index in [2.05, 4.69) is 247 Å². The highest BCUT2D eigenvalue weighted by Crippen LogP contribution is 2.65. The third-order valence-electron chi connectivity index (χ3n) is 26.1. The summed E-state index contributed by atoms with van der Waals surface area (Å²) in [7, 11) is 0. The van der Waals surface area contributed by atoms with Crippen molar-refractivity contribution in [3.63, 3.8) is 0 Å². The van der Waals surface area contributed by atoms with E-state index in [0.717, 1.165) is 177 Å². The van der Waals surface area contributed by atoms with Crippen molar-refractivity contribution < 1.29 is 22.7 Å². The summed E-state index contributed by atoms with van der Waals surface area (Å²) in [6, 6.07) is 48.1. The number of aryl methyl sites for hydroxylation is 1. The van der Waals surface area contributed by atoms with Crippen LogP contribution in [0.2, 0.25) is 0 Å². The Morgan fingerprint density at radius 3 is 1.98 bits per heavy atom. The molecular formula is C105H108F2N2O3. The van der Waals surface area contributed by atoms with Crippen LogP contribution < -0.4 is 14.5 Å². The second kappa shape index (κ2) is 31.0. The zero-order valence-electron chi connectivity index (χ0n) is 66.5. The summed E-state index contributed by atoms with van der Waals surface area (Å²) in [4.78, 5) is 4.80. The summed E-state index contributed by atoms with van der Waals surface area (Å²) in [5, 5.41) is 2.05. The molecule has 17 rings (SSSR count). The molecule has 0 bridgehead atoms. The number of halogens is 2. The molecule has 570 valence electrons. The van der Waals surface area contributed by atoms with Crippen LogP contribution in [0.25, 0.3) is 28.0 Å². The first-order valence-corrected chi connectivity index (χ1v) is 41.8. The van der Waals surface area contributed by atoms with Gasteiger partial charge in [0, 0.05) is 74.8 Å². The number of fused-ring (bicyclic) bond motifs is 6. The van der Waals surface area contributed by atoms with Crippen LogP contribution in [0.1, 0.15) is 185 Å². The average Bonchev–Trinajstić information content (AvgIpc) is 1.54. The van der Waals surface area contributed by atoms with E-state index < -0.39 is 11.6 Å². The van der Waals surface area contributed by atoms with Crippen molar-refractivity contribution in [3.05, 3.63) is 362 Å². The van der Waals surface area contributed by atoms with Crippen LogP contribution in [0.5, 0.6) is 5.75 Å². The molecule has 6 unspecified atom stereocenters. The molecule has 10 aliphatic carbocycles. The van der Waals surface area contributed by atoms with Gasteiger partial charge in [0.25, 0.3) is 0 Å². The summed E-state index contributed by atoms with van der Waals surface area (Å²) in [6.45, 7) is 23.2. The highest BCUT2D eigenvalue weighted by Gasteiger charge is 2.57. The lowest BCUT2D eigenvalue weighted by molar-refractivity contribution is 0.215. The lowest BCUT2D eigenvalue weighted by Gasteiger charge is -2.45. The predicted octanol–water partition coefficient (Wildman–Crippen LogP) is 28.1. The Bertz CT molecular complexity index is 5350. The largest absolute Gasteiger partial charge is 0.494 e. The van der Waals surface area contributed by atoms with Gasteiger partial charge in [-0.2, -0.15) is 0 Å². The van der Waals surface area contributed by atoms with E-state index in [1.807, 2.05) is 42.5 Å². The summed E-state index contributed by atoms with van der Waals surface area (Å²) >= 11 is 0. The molecule has 1 aromatic heterocycles. The molecule has 112 heavy (non-hydrogen) atoms. The number of nitrogens with zero attached hydrogens (tertiary/aromatic N) is 2. The smallest absolute Gasteiger partial charge is 0.137 e. The standard InChI is InChI=1S/C105H108F2N2O3/c1-9-70-28-56-88(57-29-70)110-64-16-15-18-72-24-32-76(33-25-72)104(78-40-36-74(37-41-78)102(3,4)5)96-22-13-11-20-90(96)92-60-52-84(66-98(92)104)108(82-48-44-80(106)45-49-82)86-54-62-94-95-63-55-87(69-101(95)112-100(94)68-86)109(83-50-46-81(107)47-51-83)85-53-61-93-91-21-12-14-23-97(91)105(99(93)67-85,79-42-38-75(39-43-79)103(6,7)8)77-34-26-73(27-35-77)19-17-65-111-89-58-30-71(10-2)31-59-89/h9-10,12-13,21-22,24-26,28,30-34,36,38-40,42-44,46-51,54-59,62-63,66-70,80,93,99H,1-2,11,14-20,23,27,29,35,37,41,45,52-53,60-61,64-65H2,3-8H3. The third-order valence-corrected chi connectivity index (χ3v) is 26.1. The minimum Gasteiger partial charge on any atom is -0.494 e. The van der Waals surface area contributed by atoms with Crippen molar-refractivity contribution in [2.45, 2.75) is 186 Å². The molecule has 7 aromatic rings. The van der Waals surface area contributed by atoms with Gasteiger partial charge in [-0.15, -0.1) is 6.58 Å². The van der Waals surface area contributed by atoms with Crippen LogP contribution >= 0.6 is 0 Å². The fourth-order valence-corrected chi connectivity index (χ4v) is 20.3. The van der Waals surface area contributed by atoms with Crippen molar-refractivity contribution in [2.24, 2.45) is 23.2 Å². The van der Waals surface area contributed by atoms with Crippen LogP contribution in [-0.2, 0) is 27.4 Å². The number of allylic oxidation sites excluding steroid dienone is 29. The molecule has 10 aliphatic rings. The zero-order valence-corrected chi connectivity index (χ0v) is 66.5. The fourth-order valence-electron chi connectivity index (χ4n) is 20.3. The van der Waals surface area contributed by atoms with E-state index in [1.54, 1.807) is 23.8 Å². The van der Waals surface area contributed by atoms with E-state index in [9.17, 15) is 0 Å². The molecule has 0 fully saturated rings. The van der Waals surface area contributed by atoms with E-state index in [4.69, 9.17) is 13.9 Å². The molecule has 1 heterocycles. The minimum absolute atomic E-state index is 0.00187. The first-order valence-electron chi connectivity index (χ1n) is 41.8. The zero-order chi connectivity index (χ0) is 76.9. The topological polar surface area (TPSA) is 38.1 Å². The fraction of sp³-hybridized carbons (Fsp3) is 0.333. The Hall–Kier alpha value is -10.2. The molecule has 5 nitrogen and oxygen atoms in total. The Morgan fingerprint density at radius 2 is 1.29 bits per heavy atom. The molecule has 0 amide bonds. The molecule has 7 heteroatoms. The number of rotatable bonds is 23. The number of ether oxygens (including phenoxy) is 2. The van der Waals surface area contributed by atoms with Crippen LogP contribution in [0.4, 0.5) is 25.8 Å². The Morgan fingerprint density at radius 1 is 0.580 bits per heavy atom. The Labute approximate surface area is 663 Å².